The second kappa shape index (κ2) is 6.26. The smallest absolute Gasteiger partial charge is 0.339 e. The number of ether oxygens (including phenoxy) is 1. The van der Waals surface area contributed by atoms with E-state index in [1.807, 2.05) is 0 Å². The van der Waals surface area contributed by atoms with Gasteiger partial charge in [0.05, 0.1) is 18.4 Å². The van der Waals surface area contributed by atoms with Crippen LogP contribution in [0.4, 0.5) is 5.69 Å². The van der Waals surface area contributed by atoms with Crippen LogP contribution in [0.1, 0.15) is 23.2 Å². The molecule has 4 nitrogen and oxygen atoms in total. The Morgan fingerprint density at radius 1 is 1.42 bits per heavy atom. The summed E-state index contributed by atoms with van der Waals surface area (Å²) in [6.07, 6.45) is 2.12. The molecule has 0 aromatic heterocycles. The molecular formula is C14H19ClN2O2. The van der Waals surface area contributed by atoms with E-state index in [9.17, 15) is 4.79 Å². The zero-order valence-electron chi connectivity index (χ0n) is 11.3. The first kappa shape index (κ1) is 14.2. The van der Waals surface area contributed by atoms with E-state index in [4.69, 9.17) is 16.3 Å². The number of esters is 1. The van der Waals surface area contributed by atoms with Crippen molar-refractivity contribution in [2.75, 3.05) is 32.6 Å². The lowest BCUT2D eigenvalue weighted by molar-refractivity contribution is 0.0601. The fraction of sp³-hybridized carbons (Fsp3) is 0.500. The van der Waals surface area contributed by atoms with Crippen molar-refractivity contribution in [2.24, 2.45) is 0 Å². The molecule has 0 spiro atoms. The topological polar surface area (TPSA) is 41.6 Å². The number of benzene rings is 1. The Bertz CT molecular complexity index is 457. The Kier molecular flexibility index (Phi) is 4.66. The number of nitrogens with one attached hydrogen (secondary N) is 1. The predicted molar refractivity (Wildman–Crippen MR) is 76.9 cm³/mol. The number of rotatable bonds is 3. The molecule has 1 aliphatic rings. The summed E-state index contributed by atoms with van der Waals surface area (Å²) in [7, 11) is 3.51. The van der Waals surface area contributed by atoms with Crippen LogP contribution in [0, 0.1) is 0 Å². The van der Waals surface area contributed by atoms with E-state index in [-0.39, 0.29) is 5.97 Å². The molecule has 1 aromatic rings. The lowest BCUT2D eigenvalue weighted by Crippen LogP contribution is -2.37. The number of hydrogen-bond acceptors (Lipinski definition) is 4. The van der Waals surface area contributed by atoms with E-state index >= 15 is 0 Å². The lowest BCUT2D eigenvalue weighted by Gasteiger charge is -2.30. The zero-order valence-corrected chi connectivity index (χ0v) is 12.0. The summed E-state index contributed by atoms with van der Waals surface area (Å²) in [6, 6.07) is 5.56. The van der Waals surface area contributed by atoms with Crippen LogP contribution in [-0.2, 0) is 4.74 Å². The molecule has 104 valence electrons. The van der Waals surface area contributed by atoms with Crippen molar-refractivity contribution in [3.63, 3.8) is 0 Å². The average Bonchev–Trinajstić information content (AvgIpc) is 2.41. The van der Waals surface area contributed by atoms with Crippen LogP contribution in [0.5, 0.6) is 0 Å². The molecule has 0 amide bonds. The highest BCUT2D eigenvalue weighted by Gasteiger charge is 2.19. The maximum Gasteiger partial charge on any atom is 0.339 e. The summed E-state index contributed by atoms with van der Waals surface area (Å²) in [6.45, 7) is 2.12. The fourth-order valence-electron chi connectivity index (χ4n) is 2.30. The zero-order chi connectivity index (χ0) is 13.8. The molecule has 0 saturated carbocycles. The molecule has 1 fully saturated rings. The van der Waals surface area contributed by atoms with Gasteiger partial charge < -0.3 is 15.0 Å². The largest absolute Gasteiger partial charge is 0.465 e. The van der Waals surface area contributed by atoms with Crippen molar-refractivity contribution in [3.05, 3.63) is 28.8 Å². The van der Waals surface area contributed by atoms with Crippen LogP contribution < -0.4 is 5.32 Å². The number of likely N-dealkylation sites (tertiary alicyclic amines) is 1. The van der Waals surface area contributed by atoms with Gasteiger partial charge in [0.2, 0.25) is 0 Å². The summed E-state index contributed by atoms with van der Waals surface area (Å²) in [5.41, 5.74) is 1.29. The summed E-state index contributed by atoms with van der Waals surface area (Å²) in [4.78, 5) is 14.0. The van der Waals surface area contributed by atoms with Crippen molar-refractivity contribution >= 4 is 23.3 Å². The van der Waals surface area contributed by atoms with Gasteiger partial charge in [-0.25, -0.2) is 4.79 Å². The van der Waals surface area contributed by atoms with Crippen molar-refractivity contribution < 1.29 is 9.53 Å². The number of methoxy groups -OCH3 is 1. The Hall–Kier alpha value is -1.26. The van der Waals surface area contributed by atoms with Gasteiger partial charge in [-0.1, -0.05) is 11.6 Å². The van der Waals surface area contributed by atoms with Gasteiger partial charge >= 0.3 is 5.97 Å². The molecule has 0 bridgehead atoms. The van der Waals surface area contributed by atoms with Crippen molar-refractivity contribution in [2.45, 2.75) is 18.9 Å². The SMILES string of the molecule is COC(=O)c1ccc(Cl)cc1NC1CCN(C)CC1. The van der Waals surface area contributed by atoms with Crippen molar-refractivity contribution in [1.82, 2.24) is 4.90 Å². The molecule has 1 aromatic carbocycles. The van der Waals surface area contributed by atoms with E-state index in [2.05, 4.69) is 17.3 Å². The fourth-order valence-corrected chi connectivity index (χ4v) is 2.47. The Morgan fingerprint density at radius 3 is 2.74 bits per heavy atom. The maximum atomic E-state index is 11.7. The van der Waals surface area contributed by atoms with Crippen LogP contribution in [0.2, 0.25) is 5.02 Å². The van der Waals surface area contributed by atoms with Gasteiger partial charge in [-0.3, -0.25) is 0 Å². The van der Waals surface area contributed by atoms with Gasteiger partial charge in [0.15, 0.2) is 0 Å². The minimum atomic E-state index is -0.341. The molecule has 2 rings (SSSR count). The maximum absolute atomic E-state index is 11.7. The van der Waals surface area contributed by atoms with E-state index in [0.29, 0.717) is 16.6 Å². The third kappa shape index (κ3) is 3.61. The number of nitrogens with zero attached hydrogens (tertiary/aromatic N) is 1. The highest BCUT2D eigenvalue weighted by molar-refractivity contribution is 6.31. The number of carbonyl (C=O) groups is 1. The molecule has 1 N–H and O–H groups in total. The quantitative estimate of drug-likeness (QED) is 0.866. The number of piperidine rings is 1. The van der Waals surface area contributed by atoms with Crippen LogP contribution in [0.15, 0.2) is 18.2 Å². The molecule has 0 radical (unpaired) electrons. The van der Waals surface area contributed by atoms with Gasteiger partial charge in [-0.2, -0.15) is 0 Å². The molecule has 1 heterocycles. The van der Waals surface area contributed by atoms with Gasteiger partial charge in [0.1, 0.15) is 0 Å². The monoisotopic (exact) mass is 282 g/mol. The molecule has 0 unspecified atom stereocenters. The summed E-state index contributed by atoms with van der Waals surface area (Å²) < 4.78 is 4.79. The van der Waals surface area contributed by atoms with Crippen LogP contribution in [0.25, 0.3) is 0 Å². The van der Waals surface area contributed by atoms with Gasteiger partial charge in [-0.05, 0) is 51.2 Å². The van der Waals surface area contributed by atoms with E-state index in [0.717, 1.165) is 31.6 Å². The first-order valence-electron chi connectivity index (χ1n) is 6.43. The van der Waals surface area contributed by atoms with Gasteiger partial charge in [-0.15, -0.1) is 0 Å². The van der Waals surface area contributed by atoms with E-state index < -0.39 is 0 Å². The molecule has 0 atom stereocenters. The Labute approximate surface area is 118 Å². The molecule has 19 heavy (non-hydrogen) atoms. The Balaban J connectivity index is 2.14. The second-order valence-electron chi connectivity index (χ2n) is 4.90. The third-order valence-corrected chi connectivity index (χ3v) is 3.70. The summed E-state index contributed by atoms with van der Waals surface area (Å²) in [5.74, 6) is -0.341. The van der Waals surface area contributed by atoms with Gasteiger partial charge in [0.25, 0.3) is 0 Å². The first-order valence-corrected chi connectivity index (χ1v) is 6.81. The highest BCUT2D eigenvalue weighted by Crippen LogP contribution is 2.24. The number of carbonyl (C=O) groups excluding carboxylic acids is 1. The number of halogens is 1. The number of anilines is 1. The Morgan fingerprint density at radius 2 is 2.11 bits per heavy atom. The first-order chi connectivity index (χ1) is 9.10. The van der Waals surface area contributed by atoms with E-state index in [1.54, 1.807) is 18.2 Å². The average molecular weight is 283 g/mol. The van der Waals surface area contributed by atoms with Crippen LogP contribution in [0.3, 0.4) is 0 Å². The minimum absolute atomic E-state index is 0.341. The number of hydrogen-bond donors (Lipinski definition) is 1. The van der Waals surface area contributed by atoms with Crippen molar-refractivity contribution in [3.8, 4) is 0 Å². The summed E-state index contributed by atoms with van der Waals surface area (Å²) >= 11 is 6.01. The molecule has 1 aliphatic heterocycles. The molecular weight excluding hydrogens is 264 g/mol. The second-order valence-corrected chi connectivity index (χ2v) is 5.34. The highest BCUT2D eigenvalue weighted by atomic mass is 35.5. The minimum Gasteiger partial charge on any atom is -0.465 e. The van der Waals surface area contributed by atoms with Gasteiger partial charge in [0, 0.05) is 11.1 Å². The normalized spacial score (nSPS) is 17.2. The van der Waals surface area contributed by atoms with Crippen molar-refractivity contribution in [1.29, 1.82) is 0 Å². The predicted octanol–water partition coefficient (Wildman–Crippen LogP) is 2.63. The molecule has 5 heteroatoms. The lowest BCUT2D eigenvalue weighted by atomic mass is 10.0. The van der Waals surface area contributed by atoms with E-state index in [1.165, 1.54) is 7.11 Å². The summed E-state index contributed by atoms with van der Waals surface area (Å²) in [5, 5.41) is 4.03. The third-order valence-electron chi connectivity index (χ3n) is 3.47. The van der Waals surface area contributed by atoms with Crippen LogP contribution in [-0.4, -0.2) is 44.2 Å². The molecule has 1 saturated heterocycles. The molecule has 0 aliphatic carbocycles. The van der Waals surface area contributed by atoms with Crippen LogP contribution >= 0.6 is 11.6 Å². The standard InChI is InChI=1S/C14H19ClN2O2/c1-17-7-5-11(6-8-17)16-13-9-10(15)3-4-12(13)14(18)19-2/h3-4,9,11,16H,5-8H2,1-2H3.